The zero-order valence-corrected chi connectivity index (χ0v) is 7.05. The van der Waals surface area contributed by atoms with E-state index in [1.165, 1.54) is 0 Å². The molecule has 0 aliphatic carbocycles. The molecule has 0 spiro atoms. The highest BCUT2D eigenvalue weighted by Gasteiger charge is 2.17. The Bertz CT molecular complexity index is 324. The van der Waals surface area contributed by atoms with Crippen LogP contribution in [-0.4, -0.2) is 6.03 Å². The maximum absolute atomic E-state index is 10.7. The van der Waals surface area contributed by atoms with E-state index in [4.69, 9.17) is 0 Å². The third-order valence-electron chi connectivity index (χ3n) is 1.42. The Hall–Kier alpha value is -1.03. The molecule has 3 nitrogen and oxygen atoms in total. The van der Waals surface area contributed by atoms with E-state index in [-0.39, 0.29) is 6.03 Å². The molecule has 1 aliphatic heterocycles. The van der Waals surface area contributed by atoms with Crippen LogP contribution >= 0.6 is 15.9 Å². The summed E-state index contributed by atoms with van der Waals surface area (Å²) in [5.74, 6) is 0. The fourth-order valence-corrected chi connectivity index (χ4v) is 1.30. The summed E-state index contributed by atoms with van der Waals surface area (Å²) in [4.78, 5) is 10.7. The Kier molecular flexibility index (Phi) is 1.35. The fourth-order valence-electron chi connectivity index (χ4n) is 0.956. The van der Waals surface area contributed by atoms with Gasteiger partial charge >= 0.3 is 6.03 Å². The topological polar surface area (TPSA) is 43.2 Å². The van der Waals surface area contributed by atoms with Crippen molar-refractivity contribution >= 4 is 33.3 Å². The average molecular weight is 212 g/mol. The summed E-state index contributed by atoms with van der Waals surface area (Å²) in [6.07, 6.45) is 0. The normalized spacial score (nSPS) is 13.7. The van der Waals surface area contributed by atoms with Crippen LogP contribution in [0.3, 0.4) is 0 Å². The molecule has 55 valence electrons. The number of hydrogen-bond donors (Lipinski definition) is 1. The van der Waals surface area contributed by atoms with Crippen LogP contribution < -0.4 is 10.6 Å². The molecule has 0 aromatic heterocycles. The number of urea groups is 1. The molecule has 0 saturated carbocycles. The molecule has 1 aromatic rings. The van der Waals surface area contributed by atoms with Gasteiger partial charge in [-0.3, -0.25) is 0 Å². The molecule has 2 rings (SSSR count). The van der Waals surface area contributed by atoms with Crippen molar-refractivity contribution in [3.8, 4) is 0 Å². The van der Waals surface area contributed by atoms with Gasteiger partial charge in [0.25, 0.3) is 0 Å². The molecule has 0 unspecified atom stereocenters. The van der Waals surface area contributed by atoms with Gasteiger partial charge in [-0.15, -0.1) is 0 Å². The first-order valence-electron chi connectivity index (χ1n) is 3.08. The van der Waals surface area contributed by atoms with Gasteiger partial charge in [-0.2, -0.15) is 5.32 Å². The van der Waals surface area contributed by atoms with Crippen molar-refractivity contribution in [2.45, 2.75) is 0 Å². The quantitative estimate of drug-likeness (QED) is 0.703. The Balaban J connectivity index is 2.51. The first-order valence-corrected chi connectivity index (χ1v) is 3.87. The van der Waals surface area contributed by atoms with Gasteiger partial charge in [0, 0.05) is 4.47 Å². The number of nitrogens with one attached hydrogen (secondary N) is 1. The van der Waals surface area contributed by atoms with Gasteiger partial charge in [-0.1, -0.05) is 15.9 Å². The van der Waals surface area contributed by atoms with Gasteiger partial charge in [0.15, 0.2) is 0 Å². The maximum Gasteiger partial charge on any atom is 0.346 e. The molecule has 11 heavy (non-hydrogen) atoms. The van der Waals surface area contributed by atoms with Crippen LogP contribution in [0.25, 0.3) is 0 Å². The summed E-state index contributed by atoms with van der Waals surface area (Å²) in [7, 11) is 0. The van der Waals surface area contributed by atoms with Crippen LogP contribution in [0.4, 0.5) is 16.2 Å². The molecular formula is C7H4BrN2O. The standard InChI is InChI=1S/C7H4BrN2O/c8-4-1-2-5-6(3-4)10-7(11)9-5/h1-3H,(H,9,11). The van der Waals surface area contributed by atoms with Crippen LogP contribution in [0.1, 0.15) is 0 Å². The van der Waals surface area contributed by atoms with Crippen LogP contribution in [-0.2, 0) is 0 Å². The molecular weight excluding hydrogens is 208 g/mol. The molecule has 0 atom stereocenters. The number of carbonyl (C=O) groups excluding carboxylic acids is 1. The molecule has 2 amide bonds. The molecule has 1 aromatic carbocycles. The highest BCUT2D eigenvalue weighted by Crippen LogP contribution is 2.29. The summed E-state index contributed by atoms with van der Waals surface area (Å²) in [5, 5.41) is 6.33. The van der Waals surface area contributed by atoms with Gasteiger partial charge < -0.3 is 5.32 Å². The van der Waals surface area contributed by atoms with Gasteiger partial charge in [0.1, 0.15) is 0 Å². The Morgan fingerprint density at radius 1 is 1.45 bits per heavy atom. The number of hydrogen-bond acceptors (Lipinski definition) is 1. The van der Waals surface area contributed by atoms with Crippen molar-refractivity contribution < 1.29 is 4.79 Å². The second kappa shape index (κ2) is 2.23. The van der Waals surface area contributed by atoms with E-state index < -0.39 is 0 Å². The predicted molar refractivity (Wildman–Crippen MR) is 45.0 cm³/mol. The van der Waals surface area contributed by atoms with E-state index in [1.807, 2.05) is 12.1 Å². The highest BCUT2D eigenvalue weighted by atomic mass is 79.9. The highest BCUT2D eigenvalue weighted by molar-refractivity contribution is 9.10. The second-order valence-corrected chi connectivity index (χ2v) is 3.12. The van der Waals surface area contributed by atoms with Crippen LogP contribution in [0.5, 0.6) is 0 Å². The van der Waals surface area contributed by atoms with Gasteiger partial charge in [-0.05, 0) is 18.2 Å². The van der Waals surface area contributed by atoms with Crippen LogP contribution in [0.2, 0.25) is 0 Å². The lowest BCUT2D eigenvalue weighted by Crippen LogP contribution is -2.08. The summed E-state index contributed by atoms with van der Waals surface area (Å²) in [6, 6.07) is 5.18. The number of rotatable bonds is 0. The van der Waals surface area contributed by atoms with Crippen molar-refractivity contribution in [3.63, 3.8) is 0 Å². The van der Waals surface area contributed by atoms with Crippen molar-refractivity contribution in [3.05, 3.63) is 22.7 Å². The van der Waals surface area contributed by atoms with E-state index in [2.05, 4.69) is 26.6 Å². The first-order chi connectivity index (χ1) is 5.25. The van der Waals surface area contributed by atoms with E-state index in [1.54, 1.807) is 6.07 Å². The number of anilines is 1. The third-order valence-corrected chi connectivity index (χ3v) is 1.92. The van der Waals surface area contributed by atoms with E-state index >= 15 is 0 Å². The van der Waals surface area contributed by atoms with Gasteiger partial charge in [-0.25, -0.2) is 4.79 Å². The van der Waals surface area contributed by atoms with Gasteiger partial charge in [0.05, 0.1) is 11.4 Å². The minimum atomic E-state index is -0.293. The molecule has 1 radical (unpaired) electrons. The number of nitrogens with zero attached hydrogens (tertiary/aromatic N) is 1. The largest absolute Gasteiger partial charge is 0.346 e. The number of amides is 2. The molecule has 1 N–H and O–H groups in total. The van der Waals surface area contributed by atoms with E-state index in [0.29, 0.717) is 5.69 Å². The summed E-state index contributed by atoms with van der Waals surface area (Å²) in [6.45, 7) is 0. The van der Waals surface area contributed by atoms with E-state index in [0.717, 1.165) is 10.2 Å². The summed E-state index contributed by atoms with van der Waals surface area (Å²) in [5.41, 5.74) is 1.47. The molecule has 0 bridgehead atoms. The van der Waals surface area contributed by atoms with Crippen molar-refractivity contribution in [2.24, 2.45) is 0 Å². The maximum atomic E-state index is 10.7. The van der Waals surface area contributed by atoms with Crippen LogP contribution in [0.15, 0.2) is 22.7 Å². The first kappa shape index (κ1) is 6.67. The lowest BCUT2D eigenvalue weighted by molar-refractivity contribution is 0.256. The number of fused-ring (bicyclic) bond motifs is 1. The zero-order valence-electron chi connectivity index (χ0n) is 5.47. The molecule has 0 saturated heterocycles. The van der Waals surface area contributed by atoms with Gasteiger partial charge in [0.2, 0.25) is 0 Å². The second-order valence-electron chi connectivity index (χ2n) is 2.20. The summed E-state index contributed by atoms with van der Waals surface area (Å²) < 4.78 is 0.927. The Morgan fingerprint density at radius 3 is 3.09 bits per heavy atom. The number of carbonyl (C=O) groups is 1. The molecule has 0 fully saturated rings. The summed E-state index contributed by atoms with van der Waals surface area (Å²) >= 11 is 3.29. The number of halogens is 1. The number of benzene rings is 1. The molecule has 1 aliphatic rings. The Morgan fingerprint density at radius 2 is 2.27 bits per heavy atom. The van der Waals surface area contributed by atoms with Crippen molar-refractivity contribution in [1.29, 1.82) is 0 Å². The monoisotopic (exact) mass is 211 g/mol. The smallest absolute Gasteiger partial charge is 0.304 e. The zero-order chi connectivity index (χ0) is 7.84. The fraction of sp³-hybridized carbons (Fsp3) is 0. The van der Waals surface area contributed by atoms with E-state index in [9.17, 15) is 4.79 Å². The lowest BCUT2D eigenvalue weighted by atomic mass is 10.3. The van der Waals surface area contributed by atoms with Crippen LogP contribution in [0, 0.1) is 0 Å². The molecule has 1 heterocycles. The predicted octanol–water partition coefficient (Wildman–Crippen LogP) is 2.23. The lowest BCUT2D eigenvalue weighted by Gasteiger charge is -1.94. The van der Waals surface area contributed by atoms with Crippen molar-refractivity contribution in [2.75, 3.05) is 5.32 Å². The SMILES string of the molecule is O=C1[N]c2cc(Br)ccc2N1. The van der Waals surface area contributed by atoms with Crippen molar-refractivity contribution in [1.82, 2.24) is 5.32 Å². The minimum Gasteiger partial charge on any atom is -0.304 e. The third kappa shape index (κ3) is 1.09. The molecule has 4 heteroatoms. The average Bonchev–Trinajstić information content (AvgIpc) is 2.27. The Labute approximate surface area is 71.9 Å². The minimum absolute atomic E-state index is 0.293.